The Morgan fingerprint density at radius 2 is 1.77 bits per heavy atom. The number of hydrogen-bond donors (Lipinski definition) is 3. The van der Waals surface area contributed by atoms with Gasteiger partial charge in [-0.05, 0) is 32.6 Å². The minimum absolute atomic E-state index is 0.0515. The van der Waals surface area contributed by atoms with Gasteiger partial charge in [0.25, 0.3) is 0 Å². The average Bonchev–Trinajstić information content (AvgIpc) is 2.63. The van der Waals surface area contributed by atoms with E-state index in [1.54, 1.807) is 13.8 Å². The van der Waals surface area contributed by atoms with E-state index in [0.29, 0.717) is 6.42 Å². The third kappa shape index (κ3) is 12.8. The van der Waals surface area contributed by atoms with Gasteiger partial charge in [0.05, 0.1) is 12.7 Å². The average molecular weight is 428 g/mol. The molecule has 0 heterocycles. The fraction of sp³-hybridized carbons (Fsp3) is 0.737. The van der Waals surface area contributed by atoms with Crippen molar-refractivity contribution in [2.24, 2.45) is 11.7 Å². The summed E-state index contributed by atoms with van der Waals surface area (Å²) in [5.74, 6) is -2.20. The first-order valence-electron chi connectivity index (χ1n) is 9.88. The first kappa shape index (κ1) is 27.4. The predicted octanol–water partition coefficient (Wildman–Crippen LogP) is -0.421. The van der Waals surface area contributed by atoms with Crippen molar-refractivity contribution < 1.29 is 33.4 Å². The lowest BCUT2D eigenvalue weighted by Gasteiger charge is -2.24. The van der Waals surface area contributed by atoms with Gasteiger partial charge in [0.1, 0.15) is 18.7 Å². The number of ketones is 1. The molecule has 0 bridgehead atoms. The lowest BCUT2D eigenvalue weighted by atomic mass is 10.0. The Labute approximate surface area is 176 Å². The second kappa shape index (κ2) is 15.3. The summed E-state index contributed by atoms with van der Waals surface area (Å²) in [7, 11) is 0. The first-order chi connectivity index (χ1) is 14.1. The summed E-state index contributed by atoms with van der Waals surface area (Å²) >= 11 is 0. The van der Waals surface area contributed by atoms with Gasteiger partial charge in [0.15, 0.2) is 0 Å². The van der Waals surface area contributed by atoms with Crippen molar-refractivity contribution in [2.75, 3.05) is 19.8 Å². The summed E-state index contributed by atoms with van der Waals surface area (Å²) in [6, 6.07) is -2.00. The van der Waals surface area contributed by atoms with Crippen LogP contribution in [0.5, 0.6) is 0 Å². The van der Waals surface area contributed by atoms with Crippen LogP contribution in [0.4, 0.5) is 0 Å². The molecule has 0 rings (SSSR count). The molecular formula is C19H33N5O6. The zero-order valence-corrected chi connectivity index (χ0v) is 18.1. The molecule has 0 unspecified atom stereocenters. The number of amides is 2. The quantitative estimate of drug-likeness (QED) is 0.105. The maximum Gasteiger partial charge on any atom is 0.328 e. The van der Waals surface area contributed by atoms with Gasteiger partial charge in [-0.25, -0.2) is 4.79 Å². The van der Waals surface area contributed by atoms with Crippen molar-refractivity contribution in [3.8, 4) is 0 Å². The summed E-state index contributed by atoms with van der Waals surface area (Å²) in [6.07, 6.45) is 0.435. The van der Waals surface area contributed by atoms with Gasteiger partial charge < -0.3 is 31.4 Å². The third-order valence-corrected chi connectivity index (χ3v) is 3.69. The molecule has 11 heteroatoms. The zero-order valence-electron chi connectivity index (χ0n) is 18.1. The van der Waals surface area contributed by atoms with Crippen LogP contribution in [0.2, 0.25) is 0 Å². The second-order valence-electron chi connectivity index (χ2n) is 7.39. The van der Waals surface area contributed by atoms with Gasteiger partial charge in [-0.2, -0.15) is 4.79 Å². The fourth-order valence-corrected chi connectivity index (χ4v) is 2.44. The van der Waals surface area contributed by atoms with E-state index in [1.165, 1.54) is 0 Å². The summed E-state index contributed by atoms with van der Waals surface area (Å²) in [5.41, 5.74) is 13.7. The van der Waals surface area contributed by atoms with Gasteiger partial charge in [-0.3, -0.25) is 14.4 Å². The highest BCUT2D eigenvalue weighted by atomic mass is 16.5. The normalized spacial score (nSPS) is 12.6. The van der Waals surface area contributed by atoms with Gasteiger partial charge in [-0.15, -0.1) is 0 Å². The Morgan fingerprint density at radius 3 is 2.30 bits per heavy atom. The van der Waals surface area contributed by atoms with Crippen LogP contribution in [-0.4, -0.2) is 72.5 Å². The second-order valence-corrected chi connectivity index (χ2v) is 7.39. The fourth-order valence-electron chi connectivity index (χ4n) is 2.44. The van der Waals surface area contributed by atoms with Crippen molar-refractivity contribution in [2.45, 2.75) is 65.1 Å². The number of carbonyl (C=O) groups is 4. The Kier molecular flexibility index (Phi) is 13.9. The Morgan fingerprint density at radius 1 is 1.10 bits per heavy atom. The maximum absolute atomic E-state index is 12.8. The molecule has 170 valence electrons. The summed E-state index contributed by atoms with van der Waals surface area (Å²) in [4.78, 5) is 51.4. The molecule has 4 N–H and O–H groups in total. The highest BCUT2D eigenvalue weighted by molar-refractivity contribution is 6.25. The molecular weight excluding hydrogens is 394 g/mol. The van der Waals surface area contributed by atoms with Crippen molar-refractivity contribution in [3.63, 3.8) is 0 Å². The summed E-state index contributed by atoms with van der Waals surface area (Å²) in [5, 5.41) is 5.14. The molecule has 0 aliphatic heterocycles. The number of nitrogens with two attached hydrogens (primary N) is 1. The molecule has 0 aromatic carbocycles. The topological polar surface area (TPSA) is 173 Å². The van der Waals surface area contributed by atoms with Crippen molar-refractivity contribution in [1.29, 1.82) is 0 Å². The molecule has 0 fully saturated rings. The molecule has 0 aliphatic rings. The van der Waals surface area contributed by atoms with Gasteiger partial charge >= 0.3 is 12.2 Å². The molecule has 0 radical (unpaired) electrons. The van der Waals surface area contributed by atoms with E-state index >= 15 is 0 Å². The number of nitrogens with one attached hydrogen (secondary N) is 2. The van der Waals surface area contributed by atoms with E-state index in [1.807, 2.05) is 13.8 Å². The number of nitrogens with zero attached hydrogens (tertiary/aromatic N) is 2. The molecule has 2 amide bonds. The Bertz CT molecular complexity index is 631. The molecule has 0 saturated heterocycles. The molecule has 0 aromatic rings. The molecule has 0 spiro atoms. The molecule has 11 nitrogen and oxygen atoms in total. The number of Topliss-reactive ketones (excluding diaryl/α,β-unsaturated/α-hetero) is 1. The number of esters is 1. The monoisotopic (exact) mass is 427 g/mol. The smallest absolute Gasteiger partial charge is 0.328 e. The zero-order chi connectivity index (χ0) is 23.1. The van der Waals surface area contributed by atoms with Crippen molar-refractivity contribution in [3.05, 3.63) is 5.53 Å². The maximum atomic E-state index is 12.8. The Hall–Kier alpha value is -2.62. The van der Waals surface area contributed by atoms with Gasteiger partial charge in [0.2, 0.25) is 17.6 Å². The highest BCUT2D eigenvalue weighted by Crippen LogP contribution is 2.08. The number of rotatable bonds is 15. The molecule has 30 heavy (non-hydrogen) atoms. The highest BCUT2D eigenvalue weighted by Gasteiger charge is 2.29. The number of ether oxygens (including phenoxy) is 2. The third-order valence-electron chi connectivity index (χ3n) is 3.69. The largest absolute Gasteiger partial charge is 0.461 e. The SMILES string of the molecule is CC(C)C[C@H](NC(=O)COCCN)C(=O)N[C@@H](CCC(=O)C=[N+]=[N-])C(=O)OC(C)C. The first-order valence-corrected chi connectivity index (χ1v) is 9.88. The van der Waals surface area contributed by atoms with E-state index in [4.69, 9.17) is 20.7 Å². The van der Waals surface area contributed by atoms with Gasteiger partial charge in [-0.1, -0.05) is 13.8 Å². The van der Waals surface area contributed by atoms with Crippen molar-refractivity contribution in [1.82, 2.24) is 10.6 Å². The van der Waals surface area contributed by atoms with Crippen LogP contribution in [0, 0.1) is 5.92 Å². The van der Waals surface area contributed by atoms with E-state index < -0.39 is 41.8 Å². The van der Waals surface area contributed by atoms with E-state index in [9.17, 15) is 19.2 Å². The van der Waals surface area contributed by atoms with Crippen LogP contribution in [0.15, 0.2) is 0 Å². The minimum atomic E-state index is -1.10. The lowest BCUT2D eigenvalue weighted by Crippen LogP contribution is -2.53. The summed E-state index contributed by atoms with van der Waals surface area (Å²) < 4.78 is 10.2. The molecule has 0 aromatic heterocycles. The van der Waals surface area contributed by atoms with E-state index in [-0.39, 0.29) is 38.5 Å². The van der Waals surface area contributed by atoms with Crippen molar-refractivity contribution >= 4 is 29.8 Å². The number of hydrogen-bond acceptors (Lipinski definition) is 7. The van der Waals surface area contributed by atoms with Crippen LogP contribution >= 0.6 is 0 Å². The van der Waals surface area contributed by atoms with E-state index in [2.05, 4.69) is 15.4 Å². The van der Waals surface area contributed by atoms with Crippen LogP contribution < -0.4 is 16.4 Å². The van der Waals surface area contributed by atoms with Crippen LogP contribution in [0.25, 0.3) is 5.53 Å². The predicted molar refractivity (Wildman–Crippen MR) is 108 cm³/mol. The molecule has 2 atom stereocenters. The van der Waals surface area contributed by atoms with Gasteiger partial charge in [0, 0.05) is 13.0 Å². The molecule has 0 aliphatic carbocycles. The minimum Gasteiger partial charge on any atom is -0.461 e. The number of carbonyl (C=O) groups excluding carboxylic acids is 4. The van der Waals surface area contributed by atoms with Crippen LogP contribution in [0.3, 0.4) is 0 Å². The molecule has 0 saturated carbocycles. The van der Waals surface area contributed by atoms with Crippen LogP contribution in [0.1, 0.15) is 47.0 Å². The summed E-state index contributed by atoms with van der Waals surface area (Å²) in [6.45, 7) is 7.31. The standard InChI is InChI=1S/C19H33N5O6/c1-12(2)9-16(23-17(26)11-29-8-7-20)18(27)24-15(19(28)30-13(3)4)6-5-14(25)10-22-21/h10,12-13,15-16H,5-9,11,20H2,1-4H3,(H,23,26)(H,24,27)/t15-,16-/m0/s1. The van der Waals surface area contributed by atoms with Crippen LogP contribution in [-0.2, 0) is 28.7 Å². The lowest BCUT2D eigenvalue weighted by molar-refractivity contribution is -0.152. The Balaban J connectivity index is 5.21. The van der Waals surface area contributed by atoms with E-state index in [0.717, 1.165) is 6.21 Å².